The van der Waals surface area contributed by atoms with Gasteiger partial charge in [0, 0.05) is 21.7 Å². The Hall–Kier alpha value is -1.85. The van der Waals surface area contributed by atoms with Crippen LogP contribution in [-0.2, 0) is 26.2 Å². The molecular weight excluding hydrogens is 577 g/mol. The summed E-state index contributed by atoms with van der Waals surface area (Å²) < 4.78 is 27.0. The SMILES string of the molecule is CC(C)CNC(=O)C(C)N(Cc1cccc(Cl)c1)C(=O)CN(c1ccc(I)cc1)S(C)(=O)=O. The van der Waals surface area contributed by atoms with Crippen LogP contribution in [0.3, 0.4) is 0 Å². The van der Waals surface area contributed by atoms with Gasteiger partial charge < -0.3 is 10.2 Å². The lowest BCUT2D eigenvalue weighted by Crippen LogP contribution is -2.51. The van der Waals surface area contributed by atoms with Crippen LogP contribution in [0.2, 0.25) is 5.02 Å². The van der Waals surface area contributed by atoms with Gasteiger partial charge >= 0.3 is 0 Å². The van der Waals surface area contributed by atoms with Crippen molar-refractivity contribution in [2.75, 3.05) is 23.7 Å². The van der Waals surface area contributed by atoms with Gasteiger partial charge in [-0.05, 0) is 77.4 Å². The van der Waals surface area contributed by atoms with Gasteiger partial charge in [-0.15, -0.1) is 0 Å². The molecule has 2 rings (SSSR count). The smallest absolute Gasteiger partial charge is 0.244 e. The second-order valence-corrected chi connectivity index (χ2v) is 11.8. The molecule has 1 N–H and O–H groups in total. The number of carbonyl (C=O) groups is 2. The zero-order valence-corrected chi connectivity index (χ0v) is 22.8. The summed E-state index contributed by atoms with van der Waals surface area (Å²) in [5.74, 6) is -0.551. The number of anilines is 1. The number of carbonyl (C=O) groups excluding carboxylic acids is 2. The van der Waals surface area contributed by atoms with Gasteiger partial charge in [0.25, 0.3) is 0 Å². The Bertz CT molecular complexity index is 1080. The molecule has 180 valence electrons. The third kappa shape index (κ3) is 8.46. The summed E-state index contributed by atoms with van der Waals surface area (Å²) in [6.45, 7) is 5.74. The average molecular weight is 606 g/mol. The van der Waals surface area contributed by atoms with E-state index in [1.807, 2.05) is 13.8 Å². The molecular formula is C23H29ClIN3O4S. The first kappa shape index (κ1) is 27.4. The Morgan fingerprint density at radius 3 is 2.27 bits per heavy atom. The lowest BCUT2D eigenvalue weighted by molar-refractivity contribution is -0.139. The van der Waals surface area contributed by atoms with Crippen LogP contribution < -0.4 is 9.62 Å². The van der Waals surface area contributed by atoms with Gasteiger partial charge in [0.1, 0.15) is 12.6 Å². The van der Waals surface area contributed by atoms with E-state index in [4.69, 9.17) is 11.6 Å². The molecule has 0 heterocycles. The number of sulfonamides is 1. The molecule has 10 heteroatoms. The molecule has 2 amide bonds. The summed E-state index contributed by atoms with van der Waals surface area (Å²) in [7, 11) is -3.74. The molecule has 1 unspecified atom stereocenters. The Morgan fingerprint density at radius 1 is 1.09 bits per heavy atom. The molecule has 33 heavy (non-hydrogen) atoms. The van der Waals surface area contributed by atoms with E-state index < -0.39 is 28.5 Å². The minimum atomic E-state index is -3.74. The van der Waals surface area contributed by atoms with Crippen LogP contribution in [0.5, 0.6) is 0 Å². The molecule has 7 nitrogen and oxygen atoms in total. The quantitative estimate of drug-likeness (QED) is 0.417. The van der Waals surface area contributed by atoms with Crippen molar-refractivity contribution in [3.05, 3.63) is 62.7 Å². The van der Waals surface area contributed by atoms with Crippen molar-refractivity contribution in [1.82, 2.24) is 10.2 Å². The van der Waals surface area contributed by atoms with E-state index >= 15 is 0 Å². The molecule has 0 saturated carbocycles. The fraction of sp³-hybridized carbons (Fsp3) is 0.391. The molecule has 0 aliphatic carbocycles. The molecule has 1 atom stereocenters. The topological polar surface area (TPSA) is 86.8 Å². The maximum absolute atomic E-state index is 13.4. The Morgan fingerprint density at radius 2 is 1.73 bits per heavy atom. The van der Waals surface area contributed by atoms with Crippen molar-refractivity contribution in [3.8, 4) is 0 Å². The van der Waals surface area contributed by atoms with E-state index in [1.54, 1.807) is 55.5 Å². The third-order valence-electron chi connectivity index (χ3n) is 4.89. The van der Waals surface area contributed by atoms with Gasteiger partial charge in [-0.25, -0.2) is 8.42 Å². The van der Waals surface area contributed by atoms with Crippen molar-refractivity contribution in [1.29, 1.82) is 0 Å². The Balaban J connectivity index is 2.35. The first-order chi connectivity index (χ1) is 15.4. The number of amides is 2. The van der Waals surface area contributed by atoms with E-state index in [0.29, 0.717) is 17.3 Å². The normalized spacial score (nSPS) is 12.3. The fourth-order valence-corrected chi connectivity index (χ4v) is 4.51. The lowest BCUT2D eigenvalue weighted by atomic mass is 10.1. The fourth-order valence-electron chi connectivity index (χ4n) is 3.09. The highest BCUT2D eigenvalue weighted by Crippen LogP contribution is 2.21. The van der Waals surface area contributed by atoms with Crippen LogP contribution in [0, 0.1) is 9.49 Å². The minimum absolute atomic E-state index is 0.111. The number of rotatable bonds is 10. The molecule has 0 radical (unpaired) electrons. The molecule has 2 aromatic rings. The van der Waals surface area contributed by atoms with E-state index in [-0.39, 0.29) is 18.4 Å². The van der Waals surface area contributed by atoms with Gasteiger partial charge in [0.15, 0.2) is 0 Å². The van der Waals surface area contributed by atoms with Crippen LogP contribution >= 0.6 is 34.2 Å². The van der Waals surface area contributed by atoms with Crippen molar-refractivity contribution in [2.45, 2.75) is 33.4 Å². The summed E-state index contributed by atoms with van der Waals surface area (Å²) in [6.07, 6.45) is 1.05. The van der Waals surface area contributed by atoms with Crippen LogP contribution in [0.15, 0.2) is 48.5 Å². The van der Waals surface area contributed by atoms with Crippen molar-refractivity contribution >= 4 is 61.7 Å². The zero-order valence-electron chi connectivity index (χ0n) is 19.1. The first-order valence-corrected chi connectivity index (χ1v) is 13.7. The van der Waals surface area contributed by atoms with Crippen molar-refractivity contribution < 1.29 is 18.0 Å². The highest BCUT2D eigenvalue weighted by atomic mass is 127. The van der Waals surface area contributed by atoms with Crippen LogP contribution in [0.4, 0.5) is 5.69 Å². The molecule has 0 aliphatic heterocycles. The summed E-state index contributed by atoms with van der Waals surface area (Å²) in [6, 6.07) is 13.0. The molecule has 0 aliphatic rings. The predicted octanol–water partition coefficient (Wildman–Crippen LogP) is 3.90. The summed E-state index contributed by atoms with van der Waals surface area (Å²) in [5, 5.41) is 3.35. The zero-order chi connectivity index (χ0) is 24.8. The van der Waals surface area contributed by atoms with Crippen molar-refractivity contribution in [2.24, 2.45) is 5.92 Å². The van der Waals surface area contributed by atoms with E-state index in [9.17, 15) is 18.0 Å². The molecule has 0 spiro atoms. The maximum Gasteiger partial charge on any atom is 0.244 e. The number of hydrogen-bond donors (Lipinski definition) is 1. The van der Waals surface area contributed by atoms with Gasteiger partial charge in [-0.2, -0.15) is 0 Å². The molecule has 0 saturated heterocycles. The first-order valence-electron chi connectivity index (χ1n) is 10.4. The molecule has 2 aromatic carbocycles. The van der Waals surface area contributed by atoms with E-state index in [2.05, 4.69) is 27.9 Å². The standard InChI is InChI=1S/C23H29ClIN3O4S/c1-16(2)13-26-23(30)17(3)27(14-18-6-5-7-19(24)12-18)22(29)15-28(33(4,31)32)21-10-8-20(25)9-11-21/h5-12,16-17H,13-15H2,1-4H3,(H,26,30). The van der Waals surface area contributed by atoms with Gasteiger partial charge in [-0.3, -0.25) is 13.9 Å². The predicted molar refractivity (Wildman–Crippen MR) is 141 cm³/mol. The van der Waals surface area contributed by atoms with E-state index in [0.717, 1.165) is 19.7 Å². The molecule has 0 bridgehead atoms. The Kier molecular flexibility index (Phi) is 9.99. The molecule has 0 aromatic heterocycles. The third-order valence-corrected chi connectivity index (χ3v) is 6.98. The summed E-state index contributed by atoms with van der Waals surface area (Å²) >= 11 is 8.22. The van der Waals surface area contributed by atoms with Crippen LogP contribution in [-0.4, -0.2) is 50.5 Å². The molecule has 0 fully saturated rings. The number of nitrogens with one attached hydrogen (secondary N) is 1. The lowest BCUT2D eigenvalue weighted by Gasteiger charge is -2.31. The summed E-state index contributed by atoms with van der Waals surface area (Å²) in [4.78, 5) is 27.6. The number of nitrogens with zero attached hydrogens (tertiary/aromatic N) is 2. The second-order valence-electron chi connectivity index (χ2n) is 8.21. The Labute approximate surface area is 214 Å². The number of hydrogen-bond acceptors (Lipinski definition) is 4. The van der Waals surface area contributed by atoms with E-state index in [1.165, 1.54) is 4.90 Å². The maximum atomic E-state index is 13.4. The van der Waals surface area contributed by atoms with Gasteiger partial charge in [0.05, 0.1) is 11.9 Å². The largest absolute Gasteiger partial charge is 0.354 e. The van der Waals surface area contributed by atoms with Crippen LogP contribution in [0.25, 0.3) is 0 Å². The van der Waals surface area contributed by atoms with Crippen LogP contribution in [0.1, 0.15) is 26.3 Å². The highest BCUT2D eigenvalue weighted by molar-refractivity contribution is 14.1. The van der Waals surface area contributed by atoms with Gasteiger partial charge in [-0.1, -0.05) is 37.6 Å². The monoisotopic (exact) mass is 605 g/mol. The van der Waals surface area contributed by atoms with Crippen molar-refractivity contribution in [3.63, 3.8) is 0 Å². The highest BCUT2D eigenvalue weighted by Gasteiger charge is 2.30. The summed E-state index contributed by atoms with van der Waals surface area (Å²) in [5.41, 5.74) is 1.12. The second kappa shape index (κ2) is 12.0. The van der Waals surface area contributed by atoms with Gasteiger partial charge in [0.2, 0.25) is 21.8 Å². The minimum Gasteiger partial charge on any atom is -0.354 e. The average Bonchev–Trinajstić information content (AvgIpc) is 2.73. The number of benzene rings is 2. The number of halogens is 2.